The van der Waals surface area contributed by atoms with Gasteiger partial charge in [0.05, 0.1) is 11.1 Å². The molecule has 0 radical (unpaired) electrons. The lowest BCUT2D eigenvalue weighted by atomic mass is 10.3. The summed E-state index contributed by atoms with van der Waals surface area (Å²) in [6, 6.07) is 2.26. The van der Waals surface area contributed by atoms with Crippen molar-refractivity contribution in [1.29, 1.82) is 0 Å². The summed E-state index contributed by atoms with van der Waals surface area (Å²) < 4.78 is 1.61. The fraction of sp³-hybridized carbons (Fsp3) is 0.250. The number of hydrogen-bond acceptors (Lipinski definition) is 6. The topological polar surface area (TPSA) is 114 Å². The number of pyridine rings is 1. The summed E-state index contributed by atoms with van der Waals surface area (Å²) in [7, 11) is 3.36. The number of rotatable bonds is 5. The third kappa shape index (κ3) is 3.14. The standard InChI is InChI=1S/C12H13N5O4/c1-15(6-8-5-13-16(2)7-8)11-10(17(20)21)4-3-9(14-11)12(18)19/h3-5,7H,6H2,1-2H3,(H,18,19). The zero-order valence-electron chi connectivity index (χ0n) is 11.4. The van der Waals surface area contributed by atoms with Gasteiger partial charge in [-0.3, -0.25) is 14.8 Å². The van der Waals surface area contributed by atoms with Crippen molar-refractivity contribution in [3.05, 3.63) is 45.9 Å². The normalized spacial score (nSPS) is 10.4. The van der Waals surface area contributed by atoms with Crippen LogP contribution in [0.5, 0.6) is 0 Å². The van der Waals surface area contributed by atoms with E-state index in [2.05, 4.69) is 10.1 Å². The number of nitro groups is 1. The minimum absolute atomic E-state index is 0.00348. The van der Waals surface area contributed by atoms with Crippen molar-refractivity contribution < 1.29 is 14.8 Å². The van der Waals surface area contributed by atoms with E-state index in [1.54, 1.807) is 31.2 Å². The van der Waals surface area contributed by atoms with E-state index in [1.165, 1.54) is 4.90 Å². The third-order valence-electron chi connectivity index (χ3n) is 2.81. The second kappa shape index (κ2) is 5.57. The first-order valence-corrected chi connectivity index (χ1v) is 5.96. The number of anilines is 1. The first-order chi connectivity index (χ1) is 9.88. The average Bonchev–Trinajstić information content (AvgIpc) is 2.83. The van der Waals surface area contributed by atoms with Gasteiger partial charge in [-0.05, 0) is 6.07 Å². The number of aryl methyl sites for hydroxylation is 1. The van der Waals surface area contributed by atoms with Crippen LogP contribution in [0.15, 0.2) is 24.5 Å². The van der Waals surface area contributed by atoms with Crippen LogP contribution in [0.25, 0.3) is 0 Å². The van der Waals surface area contributed by atoms with Crippen LogP contribution < -0.4 is 4.90 Å². The smallest absolute Gasteiger partial charge is 0.354 e. The second-order valence-corrected chi connectivity index (χ2v) is 4.48. The lowest BCUT2D eigenvalue weighted by Crippen LogP contribution is -2.20. The van der Waals surface area contributed by atoms with E-state index < -0.39 is 10.9 Å². The molecule has 9 nitrogen and oxygen atoms in total. The first kappa shape index (κ1) is 14.4. The van der Waals surface area contributed by atoms with E-state index in [4.69, 9.17) is 5.11 Å². The highest BCUT2D eigenvalue weighted by molar-refractivity contribution is 5.86. The zero-order chi connectivity index (χ0) is 15.6. The van der Waals surface area contributed by atoms with Crippen LogP contribution in [-0.4, -0.2) is 37.8 Å². The van der Waals surface area contributed by atoms with Gasteiger partial charge in [0.2, 0.25) is 5.82 Å². The summed E-state index contributed by atoms with van der Waals surface area (Å²) >= 11 is 0. The Hall–Kier alpha value is -2.97. The maximum absolute atomic E-state index is 11.0. The van der Waals surface area contributed by atoms with Crippen molar-refractivity contribution in [3.63, 3.8) is 0 Å². The van der Waals surface area contributed by atoms with Crippen molar-refractivity contribution in [1.82, 2.24) is 14.8 Å². The Morgan fingerprint density at radius 3 is 2.76 bits per heavy atom. The van der Waals surface area contributed by atoms with Gasteiger partial charge < -0.3 is 10.0 Å². The Labute approximate surface area is 119 Å². The van der Waals surface area contributed by atoms with Crippen LogP contribution in [-0.2, 0) is 13.6 Å². The van der Waals surface area contributed by atoms with Crippen molar-refractivity contribution in [2.75, 3.05) is 11.9 Å². The van der Waals surface area contributed by atoms with E-state index in [9.17, 15) is 14.9 Å². The van der Waals surface area contributed by atoms with E-state index in [1.807, 2.05) is 0 Å². The summed E-state index contributed by atoms with van der Waals surface area (Å²) in [6.45, 7) is 0.324. The molecule has 9 heteroatoms. The maximum Gasteiger partial charge on any atom is 0.354 e. The molecule has 0 unspecified atom stereocenters. The summed E-state index contributed by atoms with van der Waals surface area (Å²) in [5.74, 6) is -1.23. The highest BCUT2D eigenvalue weighted by Gasteiger charge is 2.21. The number of aromatic carboxylic acids is 1. The molecule has 2 rings (SSSR count). The van der Waals surface area contributed by atoms with Gasteiger partial charge in [-0.15, -0.1) is 0 Å². The Kier molecular flexibility index (Phi) is 3.83. The highest BCUT2D eigenvalue weighted by atomic mass is 16.6. The number of carboxylic acids is 1. The van der Waals surface area contributed by atoms with Gasteiger partial charge in [0.25, 0.3) is 0 Å². The molecule has 21 heavy (non-hydrogen) atoms. The van der Waals surface area contributed by atoms with E-state index >= 15 is 0 Å². The second-order valence-electron chi connectivity index (χ2n) is 4.48. The average molecular weight is 291 g/mol. The Morgan fingerprint density at radius 1 is 1.52 bits per heavy atom. The largest absolute Gasteiger partial charge is 0.477 e. The molecule has 0 fully saturated rings. The molecule has 0 aliphatic heterocycles. The van der Waals surface area contributed by atoms with Crippen molar-refractivity contribution in [2.45, 2.75) is 6.54 Å². The van der Waals surface area contributed by atoms with Crippen molar-refractivity contribution >= 4 is 17.5 Å². The van der Waals surface area contributed by atoms with Gasteiger partial charge in [0.1, 0.15) is 0 Å². The van der Waals surface area contributed by atoms with Crippen LogP contribution in [0.1, 0.15) is 16.1 Å². The molecular weight excluding hydrogens is 278 g/mol. The van der Waals surface area contributed by atoms with Gasteiger partial charge in [-0.25, -0.2) is 9.78 Å². The number of nitrogens with zero attached hydrogens (tertiary/aromatic N) is 5. The molecule has 0 aliphatic rings. The third-order valence-corrected chi connectivity index (χ3v) is 2.81. The van der Waals surface area contributed by atoms with Gasteiger partial charge in [-0.1, -0.05) is 0 Å². The van der Waals surface area contributed by atoms with Crippen LogP contribution in [0.4, 0.5) is 11.5 Å². The monoisotopic (exact) mass is 291 g/mol. The van der Waals surface area contributed by atoms with Gasteiger partial charge in [0.15, 0.2) is 5.69 Å². The Morgan fingerprint density at radius 2 is 2.24 bits per heavy atom. The van der Waals surface area contributed by atoms with Gasteiger partial charge in [-0.2, -0.15) is 5.10 Å². The molecule has 1 N–H and O–H groups in total. The Balaban J connectivity index is 2.37. The van der Waals surface area contributed by atoms with E-state index in [0.717, 1.165) is 17.7 Å². The lowest BCUT2D eigenvalue weighted by molar-refractivity contribution is -0.384. The summed E-state index contributed by atoms with van der Waals surface area (Å²) in [4.78, 5) is 26.8. The number of aromatic nitrogens is 3. The maximum atomic E-state index is 11.0. The molecule has 110 valence electrons. The van der Waals surface area contributed by atoms with Crippen LogP contribution in [0.2, 0.25) is 0 Å². The molecule has 2 aromatic rings. The number of carbonyl (C=O) groups is 1. The Bertz CT molecular complexity index is 697. The molecule has 0 saturated heterocycles. The highest BCUT2D eigenvalue weighted by Crippen LogP contribution is 2.26. The van der Waals surface area contributed by atoms with Gasteiger partial charge in [0, 0.05) is 38.5 Å². The number of carboxylic acid groups (broad SMARTS) is 1. The predicted molar refractivity (Wildman–Crippen MR) is 73.2 cm³/mol. The molecule has 0 bridgehead atoms. The van der Waals surface area contributed by atoms with Crippen LogP contribution in [0, 0.1) is 10.1 Å². The molecule has 0 spiro atoms. The summed E-state index contributed by atoms with van der Waals surface area (Å²) in [5.41, 5.74) is 0.344. The quantitative estimate of drug-likeness (QED) is 0.646. The molecule has 0 saturated carbocycles. The first-order valence-electron chi connectivity index (χ1n) is 5.96. The SMILES string of the molecule is CN(Cc1cnn(C)c1)c1nc(C(=O)O)ccc1[N+](=O)[O-]. The van der Waals surface area contributed by atoms with Crippen LogP contribution in [0.3, 0.4) is 0 Å². The fourth-order valence-electron chi connectivity index (χ4n) is 1.89. The molecule has 2 heterocycles. The zero-order valence-corrected chi connectivity index (χ0v) is 11.4. The van der Waals surface area contributed by atoms with E-state index in [0.29, 0.717) is 6.54 Å². The van der Waals surface area contributed by atoms with Crippen LogP contribution >= 0.6 is 0 Å². The minimum Gasteiger partial charge on any atom is -0.477 e. The van der Waals surface area contributed by atoms with E-state index in [-0.39, 0.29) is 17.2 Å². The van der Waals surface area contributed by atoms with Crippen molar-refractivity contribution in [3.8, 4) is 0 Å². The summed E-state index contributed by atoms with van der Waals surface area (Å²) in [6.07, 6.45) is 3.40. The fourth-order valence-corrected chi connectivity index (χ4v) is 1.89. The summed E-state index contributed by atoms with van der Waals surface area (Å²) in [5, 5.41) is 24.0. The molecular formula is C12H13N5O4. The minimum atomic E-state index is -1.24. The molecule has 0 aliphatic carbocycles. The van der Waals surface area contributed by atoms with Gasteiger partial charge >= 0.3 is 11.7 Å². The molecule has 2 aromatic heterocycles. The predicted octanol–water partition coefficient (Wildman–Crippen LogP) is 1.06. The van der Waals surface area contributed by atoms with Crippen molar-refractivity contribution in [2.24, 2.45) is 7.05 Å². The molecule has 0 aromatic carbocycles. The lowest BCUT2D eigenvalue weighted by Gasteiger charge is -2.17. The molecule has 0 atom stereocenters. The number of hydrogen-bond donors (Lipinski definition) is 1. The molecule has 0 amide bonds.